The number of rotatable bonds is 11. The van der Waals surface area contributed by atoms with Crippen LogP contribution in [0, 0.1) is 13.8 Å². The Bertz CT molecular complexity index is 1070. The molecule has 0 fully saturated rings. The Hall–Kier alpha value is -3.05. The number of benzene rings is 3. The first-order chi connectivity index (χ1) is 16.5. The average Bonchev–Trinajstić information content (AvgIpc) is 2.83. The number of likely N-dealkylation sites (N-methyl/N-ethyl adjacent to an activating group) is 1. The minimum atomic E-state index is -0.574. The van der Waals surface area contributed by atoms with Crippen LogP contribution >= 0.6 is 11.8 Å². The van der Waals surface area contributed by atoms with Crippen LogP contribution in [-0.4, -0.2) is 35.1 Å². The molecule has 178 valence electrons. The third kappa shape index (κ3) is 7.77. The largest absolute Gasteiger partial charge is 0.355 e. The number of carbonyl (C=O) groups excluding carboxylic acids is 2. The Kier molecular flexibility index (Phi) is 9.77. The maximum Gasteiger partial charge on any atom is 0.243 e. The SMILES string of the molecule is CCNC(=O)[C@@H](Cc1ccccc1)N(Cc1cccc(C)c1)C(=O)CSCc1ccc(C)cc1. The van der Waals surface area contributed by atoms with Crippen LogP contribution in [0.3, 0.4) is 0 Å². The fraction of sp³-hybridized carbons (Fsp3) is 0.310. The summed E-state index contributed by atoms with van der Waals surface area (Å²) in [6, 6.07) is 25.9. The molecule has 34 heavy (non-hydrogen) atoms. The summed E-state index contributed by atoms with van der Waals surface area (Å²) in [5.41, 5.74) is 5.61. The van der Waals surface area contributed by atoms with Gasteiger partial charge in [0.1, 0.15) is 6.04 Å². The highest BCUT2D eigenvalue weighted by Crippen LogP contribution is 2.19. The number of aryl methyl sites for hydroxylation is 2. The van der Waals surface area contributed by atoms with Gasteiger partial charge in [-0.2, -0.15) is 0 Å². The standard InChI is InChI=1S/C29H34N2O2S/c1-4-30-29(33)27(18-24-10-6-5-7-11-24)31(19-26-12-8-9-23(3)17-26)28(32)21-34-20-25-15-13-22(2)14-16-25/h5-17,27H,4,18-21H2,1-3H3,(H,30,33)/t27-/m1/s1. The Morgan fingerprint density at radius 2 is 1.56 bits per heavy atom. The average molecular weight is 475 g/mol. The summed E-state index contributed by atoms with van der Waals surface area (Å²) in [5, 5.41) is 2.95. The lowest BCUT2D eigenvalue weighted by Gasteiger charge is -2.31. The molecule has 3 rings (SSSR count). The zero-order chi connectivity index (χ0) is 24.3. The minimum Gasteiger partial charge on any atom is -0.355 e. The minimum absolute atomic E-state index is 0.0224. The molecule has 1 atom stereocenters. The highest BCUT2D eigenvalue weighted by Gasteiger charge is 2.30. The molecule has 0 aromatic heterocycles. The molecule has 0 radical (unpaired) electrons. The number of thioether (sulfide) groups is 1. The number of hydrogen-bond acceptors (Lipinski definition) is 3. The van der Waals surface area contributed by atoms with E-state index in [0.717, 1.165) is 22.4 Å². The van der Waals surface area contributed by atoms with Crippen molar-refractivity contribution in [2.45, 2.75) is 45.5 Å². The zero-order valence-electron chi connectivity index (χ0n) is 20.3. The van der Waals surface area contributed by atoms with E-state index in [1.165, 1.54) is 11.1 Å². The molecule has 3 aromatic carbocycles. The molecule has 3 aromatic rings. The molecule has 0 saturated carbocycles. The molecule has 5 heteroatoms. The van der Waals surface area contributed by atoms with E-state index >= 15 is 0 Å². The van der Waals surface area contributed by atoms with Gasteiger partial charge in [0.15, 0.2) is 0 Å². The number of nitrogens with zero attached hydrogens (tertiary/aromatic N) is 1. The Labute approximate surface area is 207 Å². The number of carbonyl (C=O) groups is 2. The van der Waals surface area contributed by atoms with Gasteiger partial charge in [-0.05, 0) is 37.5 Å². The number of hydrogen-bond donors (Lipinski definition) is 1. The van der Waals surface area contributed by atoms with E-state index in [1.54, 1.807) is 16.7 Å². The maximum absolute atomic E-state index is 13.5. The van der Waals surface area contributed by atoms with Gasteiger partial charge in [0.2, 0.25) is 11.8 Å². The van der Waals surface area contributed by atoms with Crippen LogP contribution in [0.1, 0.15) is 34.7 Å². The Balaban J connectivity index is 1.81. The highest BCUT2D eigenvalue weighted by atomic mass is 32.2. The molecule has 0 aliphatic heterocycles. The third-order valence-corrected chi connectivity index (χ3v) is 6.66. The molecule has 1 N–H and O–H groups in total. The van der Waals surface area contributed by atoms with Crippen LogP contribution in [0.5, 0.6) is 0 Å². The number of nitrogens with one attached hydrogen (secondary N) is 1. The molecule has 0 bridgehead atoms. The lowest BCUT2D eigenvalue weighted by molar-refractivity contribution is -0.139. The second kappa shape index (κ2) is 13.0. The first-order valence-electron chi connectivity index (χ1n) is 11.8. The van der Waals surface area contributed by atoms with Gasteiger partial charge in [0.05, 0.1) is 5.75 Å². The van der Waals surface area contributed by atoms with Gasteiger partial charge >= 0.3 is 0 Å². The fourth-order valence-electron chi connectivity index (χ4n) is 3.88. The van der Waals surface area contributed by atoms with Crippen molar-refractivity contribution in [2.24, 2.45) is 0 Å². The topological polar surface area (TPSA) is 49.4 Å². The van der Waals surface area contributed by atoms with Crippen LogP contribution in [0.25, 0.3) is 0 Å². The van der Waals surface area contributed by atoms with Crippen molar-refractivity contribution in [2.75, 3.05) is 12.3 Å². The van der Waals surface area contributed by atoms with Crippen LogP contribution in [0.15, 0.2) is 78.9 Å². The molecular formula is C29H34N2O2S. The first-order valence-corrected chi connectivity index (χ1v) is 12.9. The van der Waals surface area contributed by atoms with E-state index in [-0.39, 0.29) is 11.8 Å². The monoisotopic (exact) mass is 474 g/mol. The summed E-state index contributed by atoms with van der Waals surface area (Å²) in [6.45, 7) is 6.94. The maximum atomic E-state index is 13.5. The smallest absolute Gasteiger partial charge is 0.243 e. The van der Waals surface area contributed by atoms with Crippen molar-refractivity contribution in [3.8, 4) is 0 Å². The molecule has 0 heterocycles. The predicted octanol–water partition coefficient (Wildman–Crippen LogP) is 5.31. The summed E-state index contributed by atoms with van der Waals surface area (Å²) >= 11 is 1.59. The number of amides is 2. The summed E-state index contributed by atoms with van der Waals surface area (Å²) in [4.78, 5) is 28.5. The van der Waals surface area contributed by atoms with Gasteiger partial charge in [0.25, 0.3) is 0 Å². The van der Waals surface area contributed by atoms with Gasteiger partial charge in [-0.25, -0.2) is 0 Å². The van der Waals surface area contributed by atoms with Gasteiger partial charge in [-0.3, -0.25) is 9.59 Å². The Morgan fingerprint density at radius 1 is 0.853 bits per heavy atom. The van der Waals surface area contributed by atoms with Crippen LogP contribution in [0.4, 0.5) is 0 Å². The lowest BCUT2D eigenvalue weighted by atomic mass is 10.0. The lowest BCUT2D eigenvalue weighted by Crippen LogP contribution is -2.51. The van der Waals surface area contributed by atoms with Crippen LogP contribution in [0.2, 0.25) is 0 Å². The highest BCUT2D eigenvalue weighted by molar-refractivity contribution is 7.99. The van der Waals surface area contributed by atoms with E-state index < -0.39 is 6.04 Å². The molecule has 4 nitrogen and oxygen atoms in total. The fourth-order valence-corrected chi connectivity index (χ4v) is 4.75. The van der Waals surface area contributed by atoms with Gasteiger partial charge in [0, 0.05) is 25.3 Å². The molecule has 0 aliphatic rings. The molecule has 0 spiro atoms. The molecule has 0 aliphatic carbocycles. The summed E-state index contributed by atoms with van der Waals surface area (Å²) in [6.07, 6.45) is 0.479. The van der Waals surface area contributed by atoms with E-state index in [4.69, 9.17) is 0 Å². The zero-order valence-corrected chi connectivity index (χ0v) is 21.1. The van der Waals surface area contributed by atoms with Crippen LogP contribution in [-0.2, 0) is 28.3 Å². The van der Waals surface area contributed by atoms with E-state index in [1.807, 2.05) is 62.4 Å². The third-order valence-electron chi connectivity index (χ3n) is 5.67. The van der Waals surface area contributed by atoms with E-state index in [0.29, 0.717) is 25.3 Å². The van der Waals surface area contributed by atoms with Gasteiger partial charge in [-0.15, -0.1) is 11.8 Å². The summed E-state index contributed by atoms with van der Waals surface area (Å²) in [5.74, 6) is 0.945. The van der Waals surface area contributed by atoms with Crippen molar-refractivity contribution in [1.82, 2.24) is 10.2 Å². The summed E-state index contributed by atoms with van der Waals surface area (Å²) in [7, 11) is 0. The second-order valence-electron chi connectivity index (χ2n) is 8.59. The van der Waals surface area contributed by atoms with Crippen molar-refractivity contribution in [1.29, 1.82) is 0 Å². The van der Waals surface area contributed by atoms with Gasteiger partial charge < -0.3 is 10.2 Å². The van der Waals surface area contributed by atoms with Crippen LogP contribution < -0.4 is 5.32 Å². The van der Waals surface area contributed by atoms with E-state index in [2.05, 4.69) is 42.6 Å². The van der Waals surface area contributed by atoms with Crippen molar-refractivity contribution in [3.63, 3.8) is 0 Å². The van der Waals surface area contributed by atoms with Crippen molar-refractivity contribution < 1.29 is 9.59 Å². The predicted molar refractivity (Wildman–Crippen MR) is 142 cm³/mol. The second-order valence-corrected chi connectivity index (χ2v) is 9.57. The Morgan fingerprint density at radius 3 is 2.24 bits per heavy atom. The van der Waals surface area contributed by atoms with Crippen molar-refractivity contribution >= 4 is 23.6 Å². The molecular weight excluding hydrogens is 440 g/mol. The normalized spacial score (nSPS) is 11.6. The molecule has 2 amide bonds. The quantitative estimate of drug-likeness (QED) is 0.410. The molecule has 0 saturated heterocycles. The summed E-state index contributed by atoms with van der Waals surface area (Å²) < 4.78 is 0. The van der Waals surface area contributed by atoms with Crippen molar-refractivity contribution in [3.05, 3.63) is 107 Å². The first kappa shape index (κ1) is 25.6. The van der Waals surface area contributed by atoms with Gasteiger partial charge in [-0.1, -0.05) is 90.0 Å². The molecule has 0 unspecified atom stereocenters. The van der Waals surface area contributed by atoms with E-state index in [9.17, 15) is 9.59 Å².